The maximum absolute atomic E-state index is 10.7. The molecule has 0 saturated heterocycles. The van der Waals surface area contributed by atoms with Gasteiger partial charge in [0.05, 0.1) is 39.6 Å². The van der Waals surface area contributed by atoms with Crippen LogP contribution in [0.5, 0.6) is 11.5 Å². The molecule has 9 aromatic rings. The number of fused-ring (bicyclic) bond motifs is 1. The smallest absolute Gasteiger partial charge is 0.123 e. The van der Waals surface area contributed by atoms with E-state index in [9.17, 15) is 25.2 Å². The van der Waals surface area contributed by atoms with Crippen molar-refractivity contribution in [2.45, 2.75) is 51.8 Å². The number of hydrogen-bond donors (Lipinski definition) is 5. The molecule has 9 aromatic carbocycles. The van der Waals surface area contributed by atoms with Crippen LogP contribution in [0.25, 0.3) is 21.5 Å². The summed E-state index contributed by atoms with van der Waals surface area (Å²) in [6, 6.07) is 68.0. The number of rotatable bonds is 6. The summed E-state index contributed by atoms with van der Waals surface area (Å²) in [6.45, 7) is 6.26. The first-order chi connectivity index (χ1) is 38.1. The fourth-order valence-electron chi connectivity index (χ4n) is 9.44. The molecule has 0 amide bonds. The average molecular weight is 1100 g/mol. The molecular weight excluding hydrogens is 1040 g/mol. The standard InChI is InChI=1S/C36H31N5.C26H28O5.F6P/c1-5-25-6-2-10-30-33(25)29(9-1)38-35(39-30)27-17-13-23(14-18-27)21-37-22-24-15-19-28(20-16-24)36-40-31-11-3-7-26-8-4-12-32(41-36)34(26)31;1-2-24-4-3-23(1)19-30-25-9-5-21(6-10-25)17-28-15-13-27-14-16-29-18-22-7-11-26(12-8-22)31-20-24;1-7(2,3,4,5)6/h1-20,35-41H,21-22H2;1-12H,13-20H2;/q;;-1/p+1. The number of nitrogens with two attached hydrogens (primary N) is 1. The molecule has 0 aromatic heterocycles. The van der Waals surface area contributed by atoms with Gasteiger partial charge in [-0.25, -0.2) is 0 Å². The van der Waals surface area contributed by atoms with Gasteiger partial charge in [-0.15, -0.1) is 0 Å². The van der Waals surface area contributed by atoms with Crippen molar-refractivity contribution in [2.24, 2.45) is 0 Å². The third kappa shape index (κ3) is 16.1. The van der Waals surface area contributed by atoms with Crippen molar-refractivity contribution in [3.8, 4) is 11.5 Å². The third-order valence-electron chi connectivity index (χ3n) is 13.4. The van der Waals surface area contributed by atoms with Gasteiger partial charge in [0.1, 0.15) is 50.1 Å². The Labute approximate surface area is 454 Å². The maximum Gasteiger partial charge on any atom is 0.123 e. The molecule has 7 heterocycles. The zero-order chi connectivity index (χ0) is 54.7. The van der Waals surface area contributed by atoms with E-state index >= 15 is 0 Å². The van der Waals surface area contributed by atoms with Gasteiger partial charge in [-0.1, -0.05) is 146 Å². The summed E-state index contributed by atoms with van der Waals surface area (Å²) in [6.07, 6.45) is 0.114. The van der Waals surface area contributed by atoms with Gasteiger partial charge in [0.25, 0.3) is 0 Å². The van der Waals surface area contributed by atoms with E-state index in [4.69, 9.17) is 23.7 Å². The van der Waals surface area contributed by atoms with Crippen molar-refractivity contribution in [2.75, 3.05) is 47.7 Å². The predicted molar refractivity (Wildman–Crippen MR) is 302 cm³/mol. The second-order valence-electron chi connectivity index (χ2n) is 19.4. The zero-order valence-corrected chi connectivity index (χ0v) is 43.9. The minimum atomic E-state index is -10.7. The van der Waals surface area contributed by atoms with Crippen molar-refractivity contribution >= 4 is 52.1 Å². The van der Waals surface area contributed by atoms with Crippen LogP contribution in [0, 0.1) is 0 Å². The number of hydrogen-bond acceptors (Lipinski definition) is 9. The zero-order valence-electron chi connectivity index (χ0n) is 43.0. The Morgan fingerprint density at radius 2 is 0.671 bits per heavy atom. The Morgan fingerprint density at radius 3 is 1.01 bits per heavy atom. The molecular formula is C62H60F6N5O5P. The Balaban J connectivity index is 0.000000164. The molecule has 10 nitrogen and oxygen atoms in total. The van der Waals surface area contributed by atoms with Gasteiger partial charge in [0, 0.05) is 44.6 Å². The van der Waals surface area contributed by atoms with E-state index in [-0.39, 0.29) is 12.3 Å². The van der Waals surface area contributed by atoms with E-state index in [1.807, 2.05) is 48.5 Å². The van der Waals surface area contributed by atoms with Gasteiger partial charge < -0.3 is 50.3 Å². The summed E-state index contributed by atoms with van der Waals surface area (Å²) in [5.41, 5.74) is 14.3. The molecule has 0 spiro atoms. The summed E-state index contributed by atoms with van der Waals surface area (Å²) in [5, 5.41) is 22.1. The van der Waals surface area contributed by atoms with Crippen LogP contribution in [0.1, 0.15) is 56.8 Å². The largest absolute Gasteiger partial charge is 0.489 e. The Kier molecular flexibility index (Phi) is 16.3. The number of anilines is 4. The second kappa shape index (κ2) is 23.6. The van der Waals surface area contributed by atoms with Crippen LogP contribution in [0.3, 0.4) is 0 Å². The molecule has 0 atom stereocenters. The molecule has 0 fully saturated rings. The van der Waals surface area contributed by atoms with E-state index in [0.29, 0.717) is 52.9 Å². The van der Waals surface area contributed by atoms with Gasteiger partial charge in [-0.05, 0) is 92.7 Å². The maximum atomic E-state index is 9.87. The molecule has 6 N–H and O–H groups in total. The number of nitrogens with one attached hydrogen (secondary N) is 4. The first-order valence-electron chi connectivity index (χ1n) is 26.0. The van der Waals surface area contributed by atoms with Gasteiger partial charge in [0.2, 0.25) is 0 Å². The molecule has 0 aliphatic carbocycles. The molecule has 0 saturated carbocycles. The fraction of sp³-hybridized carbons (Fsp3) is 0.194. The van der Waals surface area contributed by atoms with Crippen LogP contribution in [-0.4, -0.2) is 26.4 Å². The topological polar surface area (TPSA) is 111 Å². The van der Waals surface area contributed by atoms with Crippen molar-refractivity contribution < 1.29 is 54.2 Å². The first-order valence-corrected chi connectivity index (χ1v) is 28.0. The van der Waals surface area contributed by atoms with Gasteiger partial charge in [-0.2, -0.15) is 0 Å². The quantitative estimate of drug-likeness (QED) is 0.0821. The minimum absolute atomic E-state index is 0.0570. The number of benzene rings is 9. The Bertz CT molecular complexity index is 3160. The molecule has 7 aliphatic heterocycles. The van der Waals surface area contributed by atoms with Gasteiger partial charge in [0.15, 0.2) is 0 Å². The summed E-state index contributed by atoms with van der Waals surface area (Å²) in [5.74, 6) is 1.68. The number of quaternary nitrogens is 1. The van der Waals surface area contributed by atoms with Crippen LogP contribution in [0.15, 0.2) is 194 Å². The van der Waals surface area contributed by atoms with E-state index < -0.39 is 7.81 Å². The van der Waals surface area contributed by atoms with E-state index in [1.54, 1.807) is 0 Å². The van der Waals surface area contributed by atoms with Crippen LogP contribution in [-0.2, 0) is 53.7 Å². The van der Waals surface area contributed by atoms with E-state index in [0.717, 1.165) is 46.8 Å². The Morgan fingerprint density at radius 1 is 0.367 bits per heavy atom. The van der Waals surface area contributed by atoms with Crippen LogP contribution in [0.2, 0.25) is 0 Å². The summed E-state index contributed by atoms with van der Waals surface area (Å²) in [7, 11) is -10.7. The normalized spacial score (nSPS) is 15.8. The molecule has 0 unspecified atom stereocenters. The molecule has 7 aliphatic rings. The van der Waals surface area contributed by atoms with Gasteiger partial charge in [-0.3, -0.25) is 0 Å². The second-order valence-corrected chi connectivity index (χ2v) is 21.3. The molecule has 0 radical (unpaired) electrons. The minimum Gasteiger partial charge on any atom is -0.489 e. The van der Waals surface area contributed by atoms with Crippen molar-refractivity contribution in [3.63, 3.8) is 0 Å². The van der Waals surface area contributed by atoms with Crippen LogP contribution < -0.4 is 36.1 Å². The van der Waals surface area contributed by atoms with Crippen molar-refractivity contribution in [3.05, 3.63) is 239 Å². The predicted octanol–water partition coefficient (Wildman–Crippen LogP) is 15.6. The number of ether oxygens (including phenoxy) is 5. The van der Waals surface area contributed by atoms with Gasteiger partial charge >= 0.3 is 33.0 Å². The summed E-state index contributed by atoms with van der Waals surface area (Å²) < 4.78 is 87.9. The van der Waals surface area contributed by atoms with Crippen LogP contribution in [0.4, 0.5) is 47.9 Å². The first kappa shape index (κ1) is 54.5. The molecule has 6 bridgehead atoms. The van der Waals surface area contributed by atoms with E-state index in [1.165, 1.54) is 66.5 Å². The van der Waals surface area contributed by atoms with Crippen LogP contribution >= 0.6 is 7.81 Å². The average Bonchev–Trinajstić information content (AvgIpc) is 3.54. The molecule has 410 valence electrons. The number of halogens is 6. The monoisotopic (exact) mass is 1100 g/mol. The molecule has 79 heavy (non-hydrogen) atoms. The van der Waals surface area contributed by atoms with E-state index in [2.05, 4.69) is 172 Å². The van der Waals surface area contributed by atoms with Crippen molar-refractivity contribution in [1.82, 2.24) is 0 Å². The SMILES string of the molecule is F[P-](F)(F)(F)(F)F.c1cc2c3c(cccc3c1)NC(c1ccc(C[NH2+]Cc3ccc(C4Nc5cccc6cccc(c56)N4)cc3)cc1)N2.c1cc2ccc1COCCOCCOCc1ccc(cc1)OCc1ccc(cc1)CO2. The molecule has 17 heteroatoms. The third-order valence-corrected chi connectivity index (χ3v) is 13.4. The molecule has 16 rings (SSSR count). The summed E-state index contributed by atoms with van der Waals surface area (Å²) in [4.78, 5) is 0. The summed E-state index contributed by atoms with van der Waals surface area (Å²) >= 11 is 0. The Hall–Kier alpha value is -7.85. The fourth-order valence-corrected chi connectivity index (χ4v) is 9.44. The van der Waals surface area contributed by atoms with Crippen molar-refractivity contribution in [1.29, 1.82) is 0 Å².